The molecule has 0 saturated carbocycles. The molecule has 106 valence electrons. The molecular weight excluding hydrogens is 256 g/mol. The molecule has 0 fully saturated rings. The Labute approximate surface area is 117 Å². The van der Waals surface area contributed by atoms with Gasteiger partial charge in [0.05, 0.1) is 11.3 Å². The van der Waals surface area contributed by atoms with Crippen molar-refractivity contribution >= 4 is 17.4 Å². The fraction of sp³-hybridized carbons (Fsp3) is 0.357. The van der Waals surface area contributed by atoms with Gasteiger partial charge in [0.25, 0.3) is 5.91 Å². The molecule has 6 heteroatoms. The second kappa shape index (κ2) is 6.18. The summed E-state index contributed by atoms with van der Waals surface area (Å²) in [5, 5.41) is 9.61. The number of nitrogens with one attached hydrogen (secondary N) is 2. The highest BCUT2D eigenvalue weighted by molar-refractivity contribution is 6.04. The van der Waals surface area contributed by atoms with Gasteiger partial charge >= 0.3 is 0 Å². The van der Waals surface area contributed by atoms with E-state index in [1.54, 1.807) is 25.3 Å². The fourth-order valence-corrected chi connectivity index (χ4v) is 1.60. The van der Waals surface area contributed by atoms with Gasteiger partial charge in [0, 0.05) is 25.0 Å². The zero-order valence-corrected chi connectivity index (χ0v) is 11.8. The van der Waals surface area contributed by atoms with Crippen molar-refractivity contribution in [3.8, 4) is 0 Å². The molecule has 2 rings (SSSR count). The van der Waals surface area contributed by atoms with Gasteiger partial charge < -0.3 is 15.2 Å². The number of aromatic nitrogens is 2. The first kappa shape index (κ1) is 14.0. The number of hydrogen-bond acceptors (Lipinski definition) is 5. The number of rotatable bonds is 5. The molecule has 0 aliphatic heterocycles. The SMILES string of the molecule is Cc1cc(NC(=O)c2cncc(NCC(C)C)c2)no1. The zero-order valence-electron chi connectivity index (χ0n) is 11.8. The van der Waals surface area contributed by atoms with Crippen LogP contribution < -0.4 is 10.6 Å². The number of carbonyl (C=O) groups is 1. The zero-order chi connectivity index (χ0) is 14.5. The molecule has 0 bridgehead atoms. The maximum atomic E-state index is 12.1. The van der Waals surface area contributed by atoms with Crippen molar-refractivity contribution in [1.82, 2.24) is 10.1 Å². The highest BCUT2D eigenvalue weighted by Crippen LogP contribution is 2.12. The lowest BCUT2D eigenvalue weighted by Crippen LogP contribution is -2.14. The Morgan fingerprint density at radius 3 is 2.80 bits per heavy atom. The lowest BCUT2D eigenvalue weighted by molar-refractivity contribution is 0.102. The van der Waals surface area contributed by atoms with Crippen LogP contribution >= 0.6 is 0 Å². The molecule has 0 aromatic carbocycles. The van der Waals surface area contributed by atoms with Crippen LogP contribution in [-0.2, 0) is 0 Å². The van der Waals surface area contributed by atoms with E-state index in [0.29, 0.717) is 23.1 Å². The van der Waals surface area contributed by atoms with Crippen LogP contribution in [0.15, 0.2) is 29.0 Å². The van der Waals surface area contributed by atoms with Gasteiger partial charge in [-0.15, -0.1) is 0 Å². The second-order valence-electron chi connectivity index (χ2n) is 5.01. The van der Waals surface area contributed by atoms with E-state index in [2.05, 4.69) is 34.6 Å². The summed E-state index contributed by atoms with van der Waals surface area (Å²) in [6.07, 6.45) is 3.21. The molecule has 2 N–H and O–H groups in total. The standard InChI is InChI=1S/C14H18N4O2/c1-9(2)6-16-12-5-11(7-15-8-12)14(19)17-13-4-10(3)20-18-13/h4-5,7-9,16H,6H2,1-3H3,(H,17,18,19). The van der Waals surface area contributed by atoms with Crippen LogP contribution in [0.25, 0.3) is 0 Å². The third-order valence-corrected chi connectivity index (χ3v) is 2.58. The average molecular weight is 274 g/mol. The van der Waals surface area contributed by atoms with Crippen molar-refractivity contribution in [2.75, 3.05) is 17.2 Å². The Morgan fingerprint density at radius 1 is 1.35 bits per heavy atom. The Morgan fingerprint density at radius 2 is 2.15 bits per heavy atom. The summed E-state index contributed by atoms with van der Waals surface area (Å²) < 4.78 is 4.90. The number of pyridine rings is 1. The van der Waals surface area contributed by atoms with Crippen LogP contribution in [0.3, 0.4) is 0 Å². The molecule has 6 nitrogen and oxygen atoms in total. The van der Waals surface area contributed by atoms with E-state index in [1.807, 2.05) is 0 Å². The molecule has 2 heterocycles. The van der Waals surface area contributed by atoms with Gasteiger partial charge in [0.2, 0.25) is 0 Å². The van der Waals surface area contributed by atoms with Crippen LogP contribution in [-0.4, -0.2) is 22.6 Å². The van der Waals surface area contributed by atoms with Crippen molar-refractivity contribution in [3.63, 3.8) is 0 Å². The van der Waals surface area contributed by atoms with Crippen molar-refractivity contribution in [1.29, 1.82) is 0 Å². The number of anilines is 2. The third kappa shape index (κ3) is 3.81. The number of carbonyl (C=O) groups excluding carboxylic acids is 1. The highest BCUT2D eigenvalue weighted by atomic mass is 16.5. The molecule has 0 radical (unpaired) electrons. The molecule has 20 heavy (non-hydrogen) atoms. The van der Waals surface area contributed by atoms with Crippen molar-refractivity contribution in [2.45, 2.75) is 20.8 Å². The van der Waals surface area contributed by atoms with Crippen LogP contribution in [0.5, 0.6) is 0 Å². The normalized spacial score (nSPS) is 10.6. The monoisotopic (exact) mass is 274 g/mol. The quantitative estimate of drug-likeness (QED) is 0.876. The lowest BCUT2D eigenvalue weighted by atomic mass is 10.2. The summed E-state index contributed by atoms with van der Waals surface area (Å²) in [6, 6.07) is 3.42. The minimum atomic E-state index is -0.265. The molecule has 0 aliphatic carbocycles. The predicted octanol–water partition coefficient (Wildman–Crippen LogP) is 2.70. The molecule has 1 amide bonds. The van der Waals surface area contributed by atoms with Crippen LogP contribution in [0.2, 0.25) is 0 Å². The molecule has 0 unspecified atom stereocenters. The second-order valence-corrected chi connectivity index (χ2v) is 5.01. The van der Waals surface area contributed by atoms with Gasteiger partial charge in [0.15, 0.2) is 5.82 Å². The van der Waals surface area contributed by atoms with Gasteiger partial charge in [-0.2, -0.15) is 0 Å². The largest absolute Gasteiger partial charge is 0.384 e. The van der Waals surface area contributed by atoms with Crippen molar-refractivity contribution < 1.29 is 9.32 Å². The smallest absolute Gasteiger partial charge is 0.258 e. The summed E-state index contributed by atoms with van der Waals surface area (Å²) in [4.78, 5) is 16.1. The summed E-state index contributed by atoms with van der Waals surface area (Å²) in [5.41, 5.74) is 1.29. The minimum Gasteiger partial charge on any atom is -0.384 e. The Kier molecular flexibility index (Phi) is 4.34. The fourth-order valence-electron chi connectivity index (χ4n) is 1.60. The molecule has 0 spiro atoms. The summed E-state index contributed by atoms with van der Waals surface area (Å²) >= 11 is 0. The van der Waals surface area contributed by atoms with Gasteiger partial charge in [-0.05, 0) is 18.9 Å². The van der Waals surface area contributed by atoms with E-state index in [4.69, 9.17) is 4.52 Å². The topological polar surface area (TPSA) is 80.0 Å². The van der Waals surface area contributed by atoms with E-state index < -0.39 is 0 Å². The van der Waals surface area contributed by atoms with Crippen LogP contribution in [0.1, 0.15) is 30.0 Å². The first-order chi connectivity index (χ1) is 9.54. The molecule has 0 saturated heterocycles. The molecule has 2 aromatic heterocycles. The molecular formula is C14H18N4O2. The third-order valence-electron chi connectivity index (χ3n) is 2.58. The Hall–Kier alpha value is -2.37. The van der Waals surface area contributed by atoms with Crippen molar-refractivity contribution in [2.24, 2.45) is 5.92 Å². The number of hydrogen-bond donors (Lipinski definition) is 2. The molecule has 2 aromatic rings. The maximum absolute atomic E-state index is 12.1. The number of aryl methyl sites for hydroxylation is 1. The number of nitrogens with zero attached hydrogens (tertiary/aromatic N) is 2. The van der Waals surface area contributed by atoms with E-state index in [1.165, 1.54) is 6.20 Å². The minimum absolute atomic E-state index is 0.265. The van der Waals surface area contributed by atoms with Gasteiger partial charge in [0.1, 0.15) is 5.76 Å². The molecule has 0 aliphatic rings. The lowest BCUT2D eigenvalue weighted by Gasteiger charge is -2.09. The first-order valence-corrected chi connectivity index (χ1v) is 6.48. The van der Waals surface area contributed by atoms with E-state index >= 15 is 0 Å². The predicted molar refractivity (Wildman–Crippen MR) is 76.8 cm³/mol. The van der Waals surface area contributed by atoms with Crippen molar-refractivity contribution in [3.05, 3.63) is 35.9 Å². The Balaban J connectivity index is 2.04. The van der Waals surface area contributed by atoms with Crippen LogP contribution in [0.4, 0.5) is 11.5 Å². The van der Waals surface area contributed by atoms with Gasteiger partial charge in [-0.1, -0.05) is 19.0 Å². The summed E-state index contributed by atoms with van der Waals surface area (Å²) in [5.74, 6) is 1.29. The van der Waals surface area contributed by atoms with E-state index in [-0.39, 0.29) is 5.91 Å². The Bertz CT molecular complexity index is 592. The van der Waals surface area contributed by atoms with E-state index in [9.17, 15) is 4.79 Å². The average Bonchev–Trinajstić information content (AvgIpc) is 2.82. The van der Waals surface area contributed by atoms with Crippen LogP contribution in [0, 0.1) is 12.8 Å². The van der Waals surface area contributed by atoms with Gasteiger partial charge in [-0.25, -0.2) is 0 Å². The van der Waals surface area contributed by atoms with Gasteiger partial charge in [-0.3, -0.25) is 9.78 Å². The maximum Gasteiger partial charge on any atom is 0.258 e. The summed E-state index contributed by atoms with van der Waals surface area (Å²) in [6.45, 7) is 6.82. The molecule has 0 atom stereocenters. The highest BCUT2D eigenvalue weighted by Gasteiger charge is 2.10. The summed E-state index contributed by atoms with van der Waals surface area (Å²) in [7, 11) is 0. The van der Waals surface area contributed by atoms with E-state index in [0.717, 1.165) is 12.2 Å². The number of amides is 1. The first-order valence-electron chi connectivity index (χ1n) is 6.48.